The molecule has 0 N–H and O–H groups in total. The largest absolute Gasteiger partial charge is 0.440 e. The zero-order chi connectivity index (χ0) is 25.6. The highest BCUT2D eigenvalue weighted by Crippen LogP contribution is 2.31. The van der Waals surface area contributed by atoms with Crippen molar-refractivity contribution < 1.29 is 32.9 Å². The first-order valence-corrected chi connectivity index (χ1v) is 12.1. The quantitative estimate of drug-likeness (QED) is 0.553. The Morgan fingerprint density at radius 1 is 1.22 bits per heavy atom. The molecule has 6 rings (SSSR count). The van der Waals surface area contributed by atoms with Gasteiger partial charge in [0.2, 0.25) is 6.54 Å². The van der Waals surface area contributed by atoms with Crippen molar-refractivity contribution in [2.75, 3.05) is 31.1 Å². The average molecular weight is 510 g/mol. The second kappa shape index (κ2) is 9.27. The second-order valence-corrected chi connectivity index (χ2v) is 9.68. The van der Waals surface area contributed by atoms with Crippen LogP contribution in [0.25, 0.3) is 11.1 Å². The van der Waals surface area contributed by atoms with Crippen LogP contribution in [0.3, 0.4) is 0 Å². The topological polar surface area (TPSA) is 110 Å². The molecule has 11 nitrogen and oxygen atoms in total. The van der Waals surface area contributed by atoms with Gasteiger partial charge in [-0.3, -0.25) is 9.88 Å². The summed E-state index contributed by atoms with van der Waals surface area (Å²) < 4.78 is 33.7. The van der Waals surface area contributed by atoms with Crippen LogP contribution in [0.5, 0.6) is 0 Å². The molecule has 3 atom stereocenters. The van der Waals surface area contributed by atoms with Gasteiger partial charge in [-0.05, 0) is 38.1 Å². The lowest BCUT2D eigenvalue weighted by Gasteiger charge is -2.19. The number of rotatable bonds is 6. The molecule has 1 aromatic heterocycles. The zero-order valence-electron chi connectivity index (χ0n) is 20.4. The van der Waals surface area contributed by atoms with Gasteiger partial charge in [0.15, 0.2) is 24.5 Å². The second-order valence-electron chi connectivity index (χ2n) is 9.68. The SMILES string of the molecule is CC1(C)OCC([C@@H]2CC(c3ccc(-c4ccc(N5C[C@H](C[N+]6=CCN=N6)OC5=O)cc4F)cn3)=NO2)O1. The number of amides is 1. The Morgan fingerprint density at radius 3 is 2.81 bits per heavy atom. The van der Waals surface area contributed by atoms with Gasteiger partial charge in [-0.15, -0.1) is 4.68 Å². The van der Waals surface area contributed by atoms with E-state index in [2.05, 4.69) is 20.5 Å². The summed E-state index contributed by atoms with van der Waals surface area (Å²) in [6.45, 7) is 5.39. The number of benzene rings is 1. The average Bonchev–Trinajstić information content (AvgIpc) is 3.67. The molecular weight excluding hydrogens is 483 g/mol. The Kier molecular flexibility index (Phi) is 5.92. The van der Waals surface area contributed by atoms with Crippen LogP contribution >= 0.6 is 0 Å². The lowest BCUT2D eigenvalue weighted by Crippen LogP contribution is -2.31. The number of pyridine rings is 1. The van der Waals surface area contributed by atoms with E-state index in [0.29, 0.717) is 60.9 Å². The van der Waals surface area contributed by atoms with Gasteiger partial charge in [0, 0.05) is 28.9 Å². The first kappa shape index (κ1) is 23.6. The van der Waals surface area contributed by atoms with Crippen LogP contribution in [0.1, 0.15) is 26.0 Å². The maximum absolute atomic E-state index is 15.1. The molecule has 4 aliphatic heterocycles. The number of carbonyl (C=O) groups is 1. The van der Waals surface area contributed by atoms with E-state index in [1.165, 1.54) is 11.0 Å². The van der Waals surface area contributed by atoms with Crippen LogP contribution < -0.4 is 4.90 Å². The number of hydrogen-bond acceptors (Lipinski definition) is 9. The summed E-state index contributed by atoms with van der Waals surface area (Å²) in [5, 5.41) is 12.0. The number of cyclic esters (lactones) is 1. The van der Waals surface area contributed by atoms with Crippen LogP contribution in [-0.2, 0) is 19.0 Å². The number of oxime groups is 1. The zero-order valence-corrected chi connectivity index (χ0v) is 20.4. The predicted octanol–water partition coefficient (Wildman–Crippen LogP) is 3.32. The molecule has 0 bridgehead atoms. The highest BCUT2D eigenvalue weighted by molar-refractivity contribution is 6.00. The van der Waals surface area contributed by atoms with Gasteiger partial charge < -0.3 is 19.0 Å². The summed E-state index contributed by atoms with van der Waals surface area (Å²) in [4.78, 5) is 23.9. The van der Waals surface area contributed by atoms with Gasteiger partial charge in [-0.2, -0.15) is 0 Å². The number of nitrogens with zero attached hydrogens (tertiary/aromatic N) is 6. The number of aromatic nitrogens is 1. The van der Waals surface area contributed by atoms with E-state index < -0.39 is 17.7 Å². The molecule has 0 radical (unpaired) electrons. The molecule has 0 spiro atoms. The van der Waals surface area contributed by atoms with Crippen molar-refractivity contribution in [1.29, 1.82) is 0 Å². The number of hydrogen-bond donors (Lipinski definition) is 0. The minimum Gasteiger partial charge on any atom is -0.440 e. The van der Waals surface area contributed by atoms with Gasteiger partial charge in [0.25, 0.3) is 0 Å². The molecule has 2 fully saturated rings. The monoisotopic (exact) mass is 509 g/mol. The fraction of sp³-hybridized carbons (Fsp3) is 0.440. The smallest absolute Gasteiger partial charge is 0.414 e. The van der Waals surface area contributed by atoms with Crippen molar-refractivity contribution >= 4 is 23.7 Å². The van der Waals surface area contributed by atoms with Gasteiger partial charge >= 0.3 is 6.09 Å². The Morgan fingerprint density at radius 2 is 2.11 bits per heavy atom. The maximum Gasteiger partial charge on any atom is 0.414 e. The lowest BCUT2D eigenvalue weighted by molar-refractivity contribution is -0.538. The fourth-order valence-electron chi connectivity index (χ4n) is 4.71. The molecule has 1 aromatic carbocycles. The third-order valence-corrected chi connectivity index (χ3v) is 6.59. The van der Waals surface area contributed by atoms with Crippen LogP contribution in [0.15, 0.2) is 52.0 Å². The van der Waals surface area contributed by atoms with Crippen molar-refractivity contribution in [2.24, 2.45) is 15.5 Å². The Bertz CT molecular complexity index is 1310. The van der Waals surface area contributed by atoms with Crippen molar-refractivity contribution in [3.05, 3.63) is 48.0 Å². The normalized spacial score (nSPS) is 26.3. The van der Waals surface area contributed by atoms with Gasteiger partial charge in [-0.1, -0.05) is 11.2 Å². The predicted molar refractivity (Wildman–Crippen MR) is 129 cm³/mol. The molecule has 1 unspecified atom stereocenters. The summed E-state index contributed by atoms with van der Waals surface area (Å²) in [7, 11) is 0. The molecule has 5 heterocycles. The van der Waals surface area contributed by atoms with E-state index in [1.54, 1.807) is 35.1 Å². The molecule has 192 valence electrons. The summed E-state index contributed by atoms with van der Waals surface area (Å²) in [5.74, 6) is -1.10. The van der Waals surface area contributed by atoms with Crippen LogP contribution in [0.2, 0.25) is 0 Å². The number of ether oxygens (including phenoxy) is 3. The number of halogens is 1. The van der Waals surface area contributed by atoms with Crippen molar-refractivity contribution in [3.63, 3.8) is 0 Å². The van der Waals surface area contributed by atoms with Crippen molar-refractivity contribution in [2.45, 2.75) is 44.4 Å². The van der Waals surface area contributed by atoms with Crippen molar-refractivity contribution in [1.82, 2.24) is 4.98 Å². The first-order chi connectivity index (χ1) is 17.8. The van der Waals surface area contributed by atoms with E-state index in [-0.39, 0.29) is 18.3 Å². The highest BCUT2D eigenvalue weighted by atomic mass is 19.1. The minimum absolute atomic E-state index is 0.199. The molecule has 37 heavy (non-hydrogen) atoms. The molecular formula is C25H26FN6O5+. The molecule has 0 saturated carbocycles. The minimum atomic E-state index is -0.633. The van der Waals surface area contributed by atoms with Gasteiger partial charge in [0.05, 0.1) is 24.5 Å². The van der Waals surface area contributed by atoms with Gasteiger partial charge in [0.1, 0.15) is 29.1 Å². The molecule has 2 aromatic rings. The summed E-state index contributed by atoms with van der Waals surface area (Å²) in [5.41, 5.74) is 2.77. The van der Waals surface area contributed by atoms with E-state index in [9.17, 15) is 4.79 Å². The molecule has 1 amide bonds. The van der Waals surface area contributed by atoms with E-state index >= 15 is 4.39 Å². The van der Waals surface area contributed by atoms with Crippen LogP contribution in [-0.4, -0.2) is 78.0 Å². The van der Waals surface area contributed by atoms with E-state index in [0.717, 1.165) is 0 Å². The van der Waals surface area contributed by atoms with Crippen molar-refractivity contribution in [3.8, 4) is 11.1 Å². The lowest BCUT2D eigenvalue weighted by atomic mass is 10.0. The number of anilines is 1. The number of carbonyl (C=O) groups excluding carboxylic acids is 1. The summed E-state index contributed by atoms with van der Waals surface area (Å²) >= 11 is 0. The highest BCUT2D eigenvalue weighted by Gasteiger charge is 2.41. The molecule has 4 aliphatic rings. The third-order valence-electron chi connectivity index (χ3n) is 6.59. The molecule has 2 saturated heterocycles. The van der Waals surface area contributed by atoms with Crippen LogP contribution in [0, 0.1) is 5.82 Å². The van der Waals surface area contributed by atoms with E-state index in [1.807, 2.05) is 20.1 Å². The molecule has 12 heteroatoms. The third kappa shape index (κ3) is 4.81. The summed E-state index contributed by atoms with van der Waals surface area (Å²) in [6, 6.07) is 8.24. The Balaban J connectivity index is 1.11. The van der Waals surface area contributed by atoms with E-state index in [4.69, 9.17) is 19.0 Å². The summed E-state index contributed by atoms with van der Waals surface area (Å²) in [6.07, 6.45) is 2.62. The van der Waals surface area contributed by atoms with Gasteiger partial charge in [-0.25, -0.2) is 9.18 Å². The first-order valence-electron chi connectivity index (χ1n) is 12.1. The Hall–Kier alpha value is -3.77. The fourth-order valence-corrected chi connectivity index (χ4v) is 4.71. The van der Waals surface area contributed by atoms with Crippen LogP contribution in [0.4, 0.5) is 14.9 Å². The molecule has 0 aliphatic carbocycles. The Labute approximate surface area is 212 Å². The maximum atomic E-state index is 15.1. The standard InChI is InChI=1S/C25H26FN6O5/c1-25(2)34-14-23(36-25)22-10-21(29-37-22)20-6-3-15(11-27-20)18-5-4-16(9-19(18)26)32-13-17(35-24(32)33)12-31-8-7-28-30-31/h3-6,8-9,11,17,22-23H,7,10,12-14H2,1-2H3/q+1/t17-,22-,23?/m0/s1.